The summed E-state index contributed by atoms with van der Waals surface area (Å²) < 4.78 is 38.0. The summed E-state index contributed by atoms with van der Waals surface area (Å²) in [5, 5.41) is 0. The molecule has 27 heavy (non-hydrogen) atoms. The van der Waals surface area contributed by atoms with Crippen LogP contribution >= 0.6 is 0 Å². The average molecular weight is 389 g/mol. The number of hydrogen-bond acceptors (Lipinski definition) is 5. The van der Waals surface area contributed by atoms with Crippen molar-refractivity contribution >= 4 is 16.0 Å². The molecule has 6 nitrogen and oxygen atoms in total. The van der Waals surface area contributed by atoms with Gasteiger partial charge in [0, 0.05) is 13.1 Å². The Kier molecular flexibility index (Phi) is 5.64. The number of carbonyl (C=O) groups excluding carboxylic acids is 1. The van der Waals surface area contributed by atoms with E-state index in [1.165, 1.54) is 28.6 Å². The Bertz CT molecular complexity index is 896. The van der Waals surface area contributed by atoms with Gasteiger partial charge in [0.2, 0.25) is 10.0 Å². The number of benzene rings is 2. The third-order valence-corrected chi connectivity index (χ3v) is 6.19. The number of nitrogens with zero attached hydrogens (tertiary/aromatic N) is 1. The topological polar surface area (TPSA) is 72.9 Å². The van der Waals surface area contributed by atoms with Crippen molar-refractivity contribution in [1.29, 1.82) is 0 Å². The summed E-state index contributed by atoms with van der Waals surface area (Å²) in [6.45, 7) is 6.26. The molecule has 2 atom stereocenters. The van der Waals surface area contributed by atoms with Gasteiger partial charge in [0.25, 0.3) is 0 Å². The standard InChI is InChI=1S/C20H23NO5S/c1-14-4-8-18(9-5-14)26-20(22)17-6-10-19(11-7-17)27(23,24)21-12-15(2)25-16(3)13-21/h4-11,15-16H,12-13H2,1-3H3/t15-,16-/m1/s1. The number of carbonyl (C=O) groups is 1. The summed E-state index contributed by atoms with van der Waals surface area (Å²) in [4.78, 5) is 12.4. The molecule has 2 aromatic carbocycles. The van der Waals surface area contributed by atoms with Crippen LogP contribution in [0.2, 0.25) is 0 Å². The van der Waals surface area contributed by atoms with Crippen LogP contribution in [0.15, 0.2) is 53.4 Å². The molecule has 0 N–H and O–H groups in total. The lowest BCUT2D eigenvalue weighted by Crippen LogP contribution is -2.48. The molecule has 0 unspecified atom stereocenters. The molecule has 0 aliphatic carbocycles. The lowest BCUT2D eigenvalue weighted by Gasteiger charge is -2.34. The molecule has 1 saturated heterocycles. The van der Waals surface area contributed by atoms with Crippen LogP contribution in [0.25, 0.3) is 0 Å². The van der Waals surface area contributed by atoms with E-state index in [2.05, 4.69) is 0 Å². The molecule has 0 spiro atoms. The van der Waals surface area contributed by atoms with E-state index in [9.17, 15) is 13.2 Å². The van der Waals surface area contributed by atoms with Crippen LogP contribution in [0, 0.1) is 6.92 Å². The third-order valence-electron chi connectivity index (χ3n) is 4.35. The summed E-state index contributed by atoms with van der Waals surface area (Å²) in [6, 6.07) is 12.9. The fourth-order valence-corrected chi connectivity index (χ4v) is 4.60. The van der Waals surface area contributed by atoms with Gasteiger partial charge in [-0.3, -0.25) is 0 Å². The normalized spacial score (nSPS) is 21.0. The molecule has 1 fully saturated rings. The maximum atomic E-state index is 12.8. The highest BCUT2D eigenvalue weighted by molar-refractivity contribution is 7.89. The molecule has 144 valence electrons. The van der Waals surface area contributed by atoms with Gasteiger partial charge in [0.05, 0.1) is 22.7 Å². The van der Waals surface area contributed by atoms with Crippen molar-refractivity contribution in [1.82, 2.24) is 4.31 Å². The van der Waals surface area contributed by atoms with Gasteiger partial charge in [-0.25, -0.2) is 13.2 Å². The average Bonchev–Trinajstić information content (AvgIpc) is 2.63. The van der Waals surface area contributed by atoms with Crippen LogP contribution in [0.1, 0.15) is 29.8 Å². The SMILES string of the molecule is Cc1ccc(OC(=O)c2ccc(S(=O)(=O)N3C[C@@H](C)O[C@H](C)C3)cc2)cc1. The van der Waals surface area contributed by atoms with Gasteiger partial charge in [-0.1, -0.05) is 17.7 Å². The third kappa shape index (κ3) is 4.55. The first-order valence-electron chi connectivity index (χ1n) is 8.80. The van der Waals surface area contributed by atoms with E-state index in [0.29, 0.717) is 24.4 Å². The summed E-state index contributed by atoms with van der Waals surface area (Å²) in [6.07, 6.45) is -0.320. The summed E-state index contributed by atoms with van der Waals surface area (Å²) in [7, 11) is -3.63. The number of rotatable bonds is 4. The molecule has 0 saturated carbocycles. The van der Waals surface area contributed by atoms with E-state index in [0.717, 1.165) is 5.56 Å². The molecular weight excluding hydrogens is 366 g/mol. The first-order valence-corrected chi connectivity index (χ1v) is 10.2. The largest absolute Gasteiger partial charge is 0.423 e. The molecular formula is C20H23NO5S. The zero-order valence-corrected chi connectivity index (χ0v) is 16.4. The van der Waals surface area contributed by atoms with E-state index >= 15 is 0 Å². The summed E-state index contributed by atoms with van der Waals surface area (Å²) in [5.41, 5.74) is 1.36. The van der Waals surface area contributed by atoms with Crippen molar-refractivity contribution in [2.45, 2.75) is 37.9 Å². The van der Waals surface area contributed by atoms with Gasteiger partial charge < -0.3 is 9.47 Å². The van der Waals surface area contributed by atoms with Crippen LogP contribution < -0.4 is 4.74 Å². The molecule has 3 rings (SSSR count). The van der Waals surface area contributed by atoms with E-state index in [1.54, 1.807) is 12.1 Å². The van der Waals surface area contributed by atoms with Crippen molar-refractivity contribution in [2.24, 2.45) is 0 Å². The zero-order valence-electron chi connectivity index (χ0n) is 15.6. The van der Waals surface area contributed by atoms with Gasteiger partial charge in [0.1, 0.15) is 5.75 Å². The highest BCUT2D eigenvalue weighted by atomic mass is 32.2. The highest BCUT2D eigenvalue weighted by Crippen LogP contribution is 2.22. The van der Waals surface area contributed by atoms with Gasteiger partial charge >= 0.3 is 5.97 Å². The van der Waals surface area contributed by atoms with Crippen LogP contribution in [0.3, 0.4) is 0 Å². The molecule has 2 aromatic rings. The monoisotopic (exact) mass is 389 g/mol. The molecule has 1 aliphatic rings. The van der Waals surface area contributed by atoms with Crippen molar-refractivity contribution in [3.05, 3.63) is 59.7 Å². The van der Waals surface area contributed by atoms with Crippen LogP contribution in [0.5, 0.6) is 5.75 Å². The Balaban J connectivity index is 1.74. The minimum Gasteiger partial charge on any atom is -0.423 e. The fraction of sp³-hybridized carbons (Fsp3) is 0.350. The lowest BCUT2D eigenvalue weighted by atomic mass is 10.2. The number of sulfonamides is 1. The number of hydrogen-bond donors (Lipinski definition) is 0. The molecule has 7 heteroatoms. The molecule has 1 heterocycles. The van der Waals surface area contributed by atoms with Crippen LogP contribution in [-0.2, 0) is 14.8 Å². The number of morpholine rings is 1. The van der Waals surface area contributed by atoms with Crippen molar-refractivity contribution in [2.75, 3.05) is 13.1 Å². The molecule has 1 aliphatic heterocycles. The quantitative estimate of drug-likeness (QED) is 0.594. The van der Waals surface area contributed by atoms with Gasteiger partial charge in [0.15, 0.2) is 0 Å². The molecule has 0 radical (unpaired) electrons. The van der Waals surface area contributed by atoms with Gasteiger partial charge in [-0.05, 0) is 57.2 Å². The zero-order chi connectivity index (χ0) is 19.6. The smallest absolute Gasteiger partial charge is 0.343 e. The predicted molar refractivity (Wildman–Crippen MR) is 101 cm³/mol. The Hall–Kier alpha value is -2.22. The van der Waals surface area contributed by atoms with Crippen LogP contribution in [0.4, 0.5) is 0 Å². The molecule has 0 aromatic heterocycles. The van der Waals surface area contributed by atoms with E-state index in [1.807, 2.05) is 32.9 Å². The van der Waals surface area contributed by atoms with Crippen molar-refractivity contribution in [3.63, 3.8) is 0 Å². The van der Waals surface area contributed by atoms with Gasteiger partial charge in [-0.15, -0.1) is 0 Å². The minimum atomic E-state index is -3.63. The highest BCUT2D eigenvalue weighted by Gasteiger charge is 2.32. The number of aryl methyl sites for hydroxylation is 1. The summed E-state index contributed by atoms with van der Waals surface area (Å²) >= 11 is 0. The van der Waals surface area contributed by atoms with E-state index in [4.69, 9.17) is 9.47 Å². The van der Waals surface area contributed by atoms with E-state index in [-0.39, 0.29) is 17.1 Å². The lowest BCUT2D eigenvalue weighted by molar-refractivity contribution is -0.0440. The maximum absolute atomic E-state index is 12.8. The Morgan fingerprint density at radius 3 is 2.11 bits per heavy atom. The van der Waals surface area contributed by atoms with Crippen LogP contribution in [-0.4, -0.2) is 44.0 Å². The van der Waals surface area contributed by atoms with Crippen molar-refractivity contribution < 1.29 is 22.7 Å². The minimum absolute atomic E-state index is 0.149. The van der Waals surface area contributed by atoms with Gasteiger partial charge in [-0.2, -0.15) is 4.31 Å². The summed E-state index contributed by atoms with van der Waals surface area (Å²) in [5.74, 6) is -0.0880. The number of esters is 1. The Morgan fingerprint density at radius 2 is 1.56 bits per heavy atom. The Labute approximate surface area is 159 Å². The first kappa shape index (κ1) is 19.5. The molecule has 0 bridgehead atoms. The second kappa shape index (κ2) is 7.80. The number of ether oxygens (including phenoxy) is 2. The second-order valence-corrected chi connectivity index (χ2v) is 8.74. The van der Waals surface area contributed by atoms with Crippen molar-refractivity contribution in [3.8, 4) is 5.75 Å². The maximum Gasteiger partial charge on any atom is 0.343 e. The second-order valence-electron chi connectivity index (χ2n) is 6.81. The Morgan fingerprint density at radius 1 is 1.00 bits per heavy atom. The fourth-order valence-electron chi connectivity index (χ4n) is 3.01. The molecule has 0 amide bonds. The first-order chi connectivity index (χ1) is 12.8. The van der Waals surface area contributed by atoms with E-state index < -0.39 is 16.0 Å². The predicted octanol–water partition coefficient (Wildman–Crippen LogP) is 3.01.